The minimum atomic E-state index is -0.350. The maximum atomic E-state index is 13.9. The van der Waals surface area contributed by atoms with E-state index in [0.717, 1.165) is 82.5 Å². The summed E-state index contributed by atoms with van der Waals surface area (Å²) < 4.78 is 6.22. The average molecular weight is 763 g/mol. The smallest absolute Gasteiger partial charge is 0.245 e. The standard InChI is InChI=1S/C46H50N8O3/c1-51(2)41(33-13-7-5-8-14-33)45(55)53-27-11-17-39(53)43-47-29-37(49-43)31-19-23-35(24-20-31)57-36-25-21-32(22-26-36)38-30-48-44(50-38)40-18-12-28-54(40)46(56)42(52(3)4)34-15-9-6-10-16-34/h5-10,13-16,19-26,29-30,39-42H,11-12,17-18,27-28H2,1-4H3,(H,47,49)(H,48,50). The van der Waals surface area contributed by atoms with Crippen LogP contribution in [0.4, 0.5) is 0 Å². The fraction of sp³-hybridized carbons (Fsp3) is 0.304. The number of likely N-dealkylation sites (tertiary alicyclic amines) is 2. The molecule has 0 aliphatic carbocycles. The molecule has 2 aromatic heterocycles. The van der Waals surface area contributed by atoms with Gasteiger partial charge in [-0.25, -0.2) is 9.97 Å². The Morgan fingerprint density at radius 2 is 0.982 bits per heavy atom. The molecule has 292 valence electrons. The van der Waals surface area contributed by atoms with Crippen LogP contribution < -0.4 is 4.74 Å². The number of carbonyl (C=O) groups excluding carboxylic acids is 2. The van der Waals surface area contributed by atoms with Gasteiger partial charge in [0.15, 0.2) is 0 Å². The number of hydrogen-bond acceptors (Lipinski definition) is 7. The molecule has 4 unspecified atom stereocenters. The summed E-state index contributed by atoms with van der Waals surface area (Å²) in [6.07, 6.45) is 7.30. The van der Waals surface area contributed by atoms with E-state index in [0.29, 0.717) is 13.1 Å². The second-order valence-electron chi connectivity index (χ2n) is 15.4. The van der Waals surface area contributed by atoms with Gasteiger partial charge in [0.05, 0.1) is 35.9 Å². The Labute approximate surface area is 334 Å². The van der Waals surface area contributed by atoms with Crippen molar-refractivity contribution in [3.8, 4) is 34.0 Å². The van der Waals surface area contributed by atoms with Crippen molar-refractivity contribution in [2.24, 2.45) is 0 Å². The lowest BCUT2D eigenvalue weighted by atomic mass is 10.0. The fourth-order valence-corrected chi connectivity index (χ4v) is 8.38. The number of likely N-dealkylation sites (N-methyl/N-ethyl adjacent to an activating group) is 2. The minimum Gasteiger partial charge on any atom is -0.457 e. The molecule has 6 aromatic rings. The third kappa shape index (κ3) is 7.99. The molecular formula is C46H50N8O3. The molecule has 11 nitrogen and oxygen atoms in total. The summed E-state index contributed by atoms with van der Waals surface area (Å²) in [6, 6.07) is 34.9. The van der Waals surface area contributed by atoms with Crippen molar-refractivity contribution in [3.05, 3.63) is 144 Å². The number of nitrogens with one attached hydrogen (secondary N) is 2. The number of aromatic amines is 2. The summed E-state index contributed by atoms with van der Waals surface area (Å²) in [4.78, 5) is 52.2. The van der Waals surface area contributed by atoms with Crippen molar-refractivity contribution in [2.45, 2.75) is 49.9 Å². The molecular weight excluding hydrogens is 713 g/mol. The second-order valence-corrected chi connectivity index (χ2v) is 15.4. The lowest BCUT2D eigenvalue weighted by Crippen LogP contribution is -2.40. The normalized spacial score (nSPS) is 18.0. The largest absolute Gasteiger partial charge is 0.457 e. The number of nitrogens with zero attached hydrogens (tertiary/aromatic N) is 6. The van der Waals surface area contributed by atoms with Crippen LogP contribution in [-0.2, 0) is 9.59 Å². The Morgan fingerprint density at radius 1 is 0.596 bits per heavy atom. The maximum absolute atomic E-state index is 13.9. The summed E-state index contributed by atoms with van der Waals surface area (Å²) in [6.45, 7) is 1.42. The summed E-state index contributed by atoms with van der Waals surface area (Å²) in [7, 11) is 7.81. The molecule has 2 aliphatic rings. The van der Waals surface area contributed by atoms with E-state index in [1.165, 1.54) is 0 Å². The molecule has 2 amide bonds. The number of amides is 2. The van der Waals surface area contributed by atoms with E-state index >= 15 is 0 Å². The number of benzene rings is 4. The number of rotatable bonds is 12. The molecule has 11 heteroatoms. The van der Waals surface area contributed by atoms with E-state index in [9.17, 15) is 9.59 Å². The predicted molar refractivity (Wildman–Crippen MR) is 221 cm³/mol. The molecule has 4 heterocycles. The van der Waals surface area contributed by atoms with Crippen LogP contribution in [0.1, 0.15) is 72.6 Å². The SMILES string of the molecule is CN(C)C(C(=O)N1CCCC1c1ncc(-c2ccc(Oc3ccc(-c4cnc(C5CCCN5C(=O)C(c5ccccc5)N(C)C)[nH]4)cc3)cc2)[nH]1)c1ccccc1. The van der Waals surface area contributed by atoms with Crippen LogP contribution >= 0.6 is 0 Å². The first-order valence-corrected chi connectivity index (χ1v) is 19.8. The highest BCUT2D eigenvalue weighted by atomic mass is 16.5. The van der Waals surface area contributed by atoms with Crippen LogP contribution in [0.3, 0.4) is 0 Å². The molecule has 0 bridgehead atoms. The summed E-state index contributed by atoms with van der Waals surface area (Å²) in [5, 5.41) is 0. The first-order chi connectivity index (χ1) is 27.7. The highest BCUT2D eigenvalue weighted by molar-refractivity contribution is 5.84. The van der Waals surface area contributed by atoms with Crippen LogP contribution in [0, 0.1) is 0 Å². The van der Waals surface area contributed by atoms with Gasteiger partial charge in [-0.1, -0.05) is 60.7 Å². The van der Waals surface area contributed by atoms with Crippen molar-refractivity contribution in [1.29, 1.82) is 0 Å². The van der Waals surface area contributed by atoms with Crippen LogP contribution in [0.25, 0.3) is 22.5 Å². The molecule has 2 aliphatic heterocycles. The lowest BCUT2D eigenvalue weighted by Gasteiger charge is -2.31. The fourth-order valence-electron chi connectivity index (χ4n) is 8.38. The number of H-pyrrole nitrogens is 2. The Hall–Kier alpha value is -6.04. The van der Waals surface area contributed by atoms with Gasteiger partial charge in [-0.2, -0.15) is 0 Å². The maximum Gasteiger partial charge on any atom is 0.245 e. The van der Waals surface area contributed by atoms with Crippen LogP contribution in [0.15, 0.2) is 122 Å². The summed E-state index contributed by atoms with van der Waals surface area (Å²) in [5.74, 6) is 3.24. The zero-order chi connectivity index (χ0) is 39.5. The van der Waals surface area contributed by atoms with E-state index in [1.807, 2.05) is 169 Å². The second kappa shape index (κ2) is 16.6. The van der Waals surface area contributed by atoms with Crippen molar-refractivity contribution in [3.63, 3.8) is 0 Å². The van der Waals surface area contributed by atoms with Gasteiger partial charge in [0.1, 0.15) is 35.2 Å². The third-order valence-corrected chi connectivity index (χ3v) is 11.2. The molecule has 0 saturated carbocycles. The molecule has 4 atom stereocenters. The molecule has 2 N–H and O–H groups in total. The van der Waals surface area contributed by atoms with Crippen molar-refractivity contribution < 1.29 is 14.3 Å². The van der Waals surface area contributed by atoms with E-state index in [1.54, 1.807) is 0 Å². The van der Waals surface area contributed by atoms with Gasteiger partial charge in [0, 0.05) is 13.1 Å². The summed E-state index contributed by atoms with van der Waals surface area (Å²) in [5.41, 5.74) is 5.73. The van der Waals surface area contributed by atoms with Crippen LogP contribution in [0.2, 0.25) is 0 Å². The average Bonchev–Trinajstić information content (AvgIpc) is 4.06. The Kier molecular flexibility index (Phi) is 11.0. The molecule has 4 aromatic carbocycles. The van der Waals surface area contributed by atoms with Gasteiger partial charge >= 0.3 is 0 Å². The van der Waals surface area contributed by atoms with E-state index in [2.05, 4.69) is 9.97 Å². The van der Waals surface area contributed by atoms with Gasteiger partial charge < -0.3 is 24.5 Å². The van der Waals surface area contributed by atoms with Crippen molar-refractivity contribution in [1.82, 2.24) is 39.5 Å². The van der Waals surface area contributed by atoms with Gasteiger partial charge in [-0.15, -0.1) is 0 Å². The number of ether oxygens (including phenoxy) is 1. The van der Waals surface area contributed by atoms with E-state index in [4.69, 9.17) is 14.7 Å². The Bertz CT molecular complexity index is 2110. The molecule has 0 radical (unpaired) electrons. The third-order valence-electron chi connectivity index (χ3n) is 11.2. The van der Waals surface area contributed by atoms with Gasteiger partial charge in [0.2, 0.25) is 11.8 Å². The molecule has 8 rings (SSSR count). The van der Waals surface area contributed by atoms with Crippen LogP contribution in [-0.4, -0.2) is 92.6 Å². The topological polar surface area (TPSA) is 114 Å². The number of aromatic nitrogens is 4. The quantitative estimate of drug-likeness (QED) is 0.129. The van der Waals surface area contributed by atoms with E-state index in [-0.39, 0.29) is 36.0 Å². The predicted octanol–water partition coefficient (Wildman–Crippen LogP) is 8.19. The lowest BCUT2D eigenvalue weighted by molar-refractivity contribution is -0.138. The van der Waals surface area contributed by atoms with Crippen molar-refractivity contribution >= 4 is 11.8 Å². The van der Waals surface area contributed by atoms with Gasteiger partial charge in [0.25, 0.3) is 0 Å². The first kappa shape index (κ1) is 37.9. The minimum absolute atomic E-state index is 0.0946. The van der Waals surface area contributed by atoms with E-state index < -0.39 is 0 Å². The van der Waals surface area contributed by atoms with Crippen LogP contribution in [0.5, 0.6) is 11.5 Å². The highest BCUT2D eigenvalue weighted by Crippen LogP contribution is 2.37. The molecule has 57 heavy (non-hydrogen) atoms. The molecule has 2 saturated heterocycles. The Balaban J connectivity index is 0.898. The molecule has 0 spiro atoms. The monoisotopic (exact) mass is 762 g/mol. The zero-order valence-electron chi connectivity index (χ0n) is 33.0. The molecule has 2 fully saturated rings. The number of imidazole rings is 2. The first-order valence-electron chi connectivity index (χ1n) is 19.8. The van der Waals surface area contributed by atoms with Crippen molar-refractivity contribution in [2.75, 3.05) is 41.3 Å². The number of carbonyl (C=O) groups is 2. The van der Waals surface area contributed by atoms with Gasteiger partial charge in [-0.05, 0) is 125 Å². The van der Waals surface area contributed by atoms with Gasteiger partial charge in [-0.3, -0.25) is 19.4 Å². The highest BCUT2D eigenvalue weighted by Gasteiger charge is 2.38. The zero-order valence-corrected chi connectivity index (χ0v) is 33.0. The number of hydrogen-bond donors (Lipinski definition) is 2. The Morgan fingerprint density at radius 3 is 1.35 bits per heavy atom. The summed E-state index contributed by atoms with van der Waals surface area (Å²) >= 11 is 0.